The van der Waals surface area contributed by atoms with Crippen LogP contribution >= 0.6 is 0 Å². The predicted molar refractivity (Wildman–Crippen MR) is 113 cm³/mol. The first-order chi connectivity index (χ1) is 14.5. The van der Waals surface area contributed by atoms with Gasteiger partial charge in [-0.25, -0.2) is 4.79 Å². The number of nitro groups is 1. The van der Waals surface area contributed by atoms with Gasteiger partial charge in [-0.2, -0.15) is 0 Å². The lowest BCUT2D eigenvalue weighted by molar-refractivity contribution is -0.384. The van der Waals surface area contributed by atoms with Crippen LogP contribution in [-0.2, 0) is 24.4 Å². The lowest BCUT2D eigenvalue weighted by Crippen LogP contribution is -2.41. The van der Waals surface area contributed by atoms with Gasteiger partial charge in [-0.3, -0.25) is 24.0 Å². The number of fused-ring (bicyclic) bond motifs is 2. The summed E-state index contributed by atoms with van der Waals surface area (Å²) in [7, 11) is 1.48. The highest BCUT2D eigenvalue weighted by atomic mass is 16.6. The number of rotatable bonds is 7. The molecule has 0 amide bonds. The van der Waals surface area contributed by atoms with Crippen molar-refractivity contribution >= 4 is 27.5 Å². The van der Waals surface area contributed by atoms with E-state index in [1.54, 1.807) is 0 Å². The Kier molecular flexibility index (Phi) is 5.20. The number of nitro benzene ring substituents is 1. The third-order valence-corrected chi connectivity index (χ3v) is 5.18. The minimum absolute atomic E-state index is 0.0687. The standard InChI is InChI=1S/C21H20N4O5/c1-30-13-12-24-20(26)17-14-16(25(28)29)6-7-19(17)23(21(24)27)11-10-22-9-8-15-4-2-3-5-18(15)22/h2-9,14H,10-13H2,1H3. The summed E-state index contributed by atoms with van der Waals surface area (Å²) in [4.78, 5) is 36.6. The fourth-order valence-electron chi connectivity index (χ4n) is 3.66. The van der Waals surface area contributed by atoms with Gasteiger partial charge in [0.25, 0.3) is 11.2 Å². The SMILES string of the molecule is COCCn1c(=O)c2cc([N+](=O)[O-])ccc2n(CCn2ccc3ccccc32)c1=O. The quantitative estimate of drug-likeness (QED) is 0.345. The lowest BCUT2D eigenvalue weighted by Gasteiger charge is -2.15. The number of benzene rings is 2. The van der Waals surface area contributed by atoms with Crippen LogP contribution < -0.4 is 11.2 Å². The largest absolute Gasteiger partial charge is 0.383 e. The topological polar surface area (TPSA) is 101 Å². The van der Waals surface area contributed by atoms with Gasteiger partial charge in [0.15, 0.2) is 0 Å². The van der Waals surface area contributed by atoms with Crippen LogP contribution in [0.5, 0.6) is 0 Å². The maximum atomic E-state index is 13.1. The Hall–Kier alpha value is -3.72. The molecule has 30 heavy (non-hydrogen) atoms. The average molecular weight is 408 g/mol. The molecule has 2 aromatic carbocycles. The number of methoxy groups -OCH3 is 1. The number of ether oxygens (including phenoxy) is 1. The highest BCUT2D eigenvalue weighted by Gasteiger charge is 2.16. The zero-order valence-corrected chi connectivity index (χ0v) is 16.4. The molecule has 9 heteroatoms. The van der Waals surface area contributed by atoms with Crippen molar-refractivity contribution in [1.29, 1.82) is 0 Å². The van der Waals surface area contributed by atoms with Gasteiger partial charge >= 0.3 is 5.69 Å². The zero-order chi connectivity index (χ0) is 21.3. The molecule has 0 radical (unpaired) electrons. The van der Waals surface area contributed by atoms with E-state index in [4.69, 9.17) is 4.74 Å². The average Bonchev–Trinajstić information content (AvgIpc) is 3.16. The van der Waals surface area contributed by atoms with Crippen LogP contribution in [-0.4, -0.2) is 32.3 Å². The summed E-state index contributed by atoms with van der Waals surface area (Å²) >= 11 is 0. The Morgan fingerprint density at radius 1 is 0.967 bits per heavy atom. The Bertz CT molecular complexity index is 1370. The van der Waals surface area contributed by atoms with Crippen molar-refractivity contribution in [3.63, 3.8) is 0 Å². The first-order valence-corrected chi connectivity index (χ1v) is 9.46. The molecule has 0 atom stereocenters. The van der Waals surface area contributed by atoms with Crippen molar-refractivity contribution < 1.29 is 9.66 Å². The van der Waals surface area contributed by atoms with Crippen molar-refractivity contribution in [2.45, 2.75) is 19.6 Å². The molecule has 0 aliphatic rings. The number of aryl methyl sites for hydroxylation is 2. The van der Waals surface area contributed by atoms with Gasteiger partial charge < -0.3 is 9.30 Å². The van der Waals surface area contributed by atoms with Gasteiger partial charge in [-0.05, 0) is 23.6 Å². The van der Waals surface area contributed by atoms with Gasteiger partial charge in [0.05, 0.1) is 29.0 Å². The molecule has 154 valence electrons. The molecule has 0 bridgehead atoms. The Balaban J connectivity index is 1.83. The lowest BCUT2D eigenvalue weighted by atomic mass is 10.2. The summed E-state index contributed by atoms with van der Waals surface area (Å²) in [5, 5.41) is 12.4. The van der Waals surface area contributed by atoms with Crippen molar-refractivity contribution in [1.82, 2.24) is 13.7 Å². The summed E-state index contributed by atoms with van der Waals surface area (Å²) in [6.07, 6.45) is 1.95. The molecular weight excluding hydrogens is 388 g/mol. The molecule has 0 aliphatic carbocycles. The van der Waals surface area contributed by atoms with Crippen LogP contribution in [0.4, 0.5) is 5.69 Å². The predicted octanol–water partition coefficient (Wildman–Crippen LogP) is 2.37. The maximum Gasteiger partial charge on any atom is 0.331 e. The smallest absolute Gasteiger partial charge is 0.331 e. The Morgan fingerprint density at radius 2 is 1.77 bits per heavy atom. The zero-order valence-electron chi connectivity index (χ0n) is 16.4. The molecule has 0 spiro atoms. The van der Waals surface area contributed by atoms with Crippen LogP contribution in [0.1, 0.15) is 0 Å². The fraction of sp³-hybridized carbons (Fsp3) is 0.238. The maximum absolute atomic E-state index is 13.1. The third-order valence-electron chi connectivity index (χ3n) is 5.18. The van der Waals surface area contributed by atoms with Crippen LogP contribution in [0.15, 0.2) is 64.3 Å². The molecule has 9 nitrogen and oxygen atoms in total. The van der Waals surface area contributed by atoms with Crippen molar-refractivity contribution in [2.75, 3.05) is 13.7 Å². The molecule has 0 unspecified atom stereocenters. The highest BCUT2D eigenvalue weighted by molar-refractivity contribution is 5.81. The van der Waals surface area contributed by atoms with Crippen LogP contribution in [0.2, 0.25) is 0 Å². The molecule has 0 aliphatic heterocycles. The van der Waals surface area contributed by atoms with E-state index in [9.17, 15) is 19.7 Å². The molecule has 2 aromatic heterocycles. The molecular formula is C21H20N4O5. The number of hydrogen-bond acceptors (Lipinski definition) is 5. The van der Waals surface area contributed by atoms with Crippen LogP contribution in [0.25, 0.3) is 21.8 Å². The minimum atomic E-state index is -0.557. The molecule has 4 rings (SSSR count). The van der Waals surface area contributed by atoms with Crippen LogP contribution in [0, 0.1) is 10.1 Å². The summed E-state index contributed by atoms with van der Waals surface area (Å²) < 4.78 is 9.61. The Labute approximate surface area is 170 Å². The van der Waals surface area contributed by atoms with E-state index in [-0.39, 0.29) is 24.2 Å². The van der Waals surface area contributed by atoms with E-state index in [1.807, 2.05) is 41.1 Å². The molecule has 2 heterocycles. The first kappa shape index (κ1) is 19.6. The number of hydrogen-bond donors (Lipinski definition) is 0. The monoisotopic (exact) mass is 408 g/mol. The third kappa shape index (κ3) is 3.39. The van der Waals surface area contributed by atoms with E-state index < -0.39 is 16.2 Å². The summed E-state index contributed by atoms with van der Waals surface area (Å²) in [6, 6.07) is 13.9. The minimum Gasteiger partial charge on any atom is -0.383 e. The second-order valence-electron chi connectivity index (χ2n) is 6.91. The van der Waals surface area contributed by atoms with E-state index in [0.29, 0.717) is 18.6 Å². The summed E-state index contributed by atoms with van der Waals surface area (Å²) in [5.41, 5.74) is 0.201. The van der Waals surface area contributed by atoms with E-state index in [2.05, 4.69) is 0 Å². The van der Waals surface area contributed by atoms with Crippen molar-refractivity contribution in [3.05, 3.63) is 85.7 Å². The van der Waals surface area contributed by atoms with Crippen molar-refractivity contribution in [3.8, 4) is 0 Å². The summed E-state index contributed by atoms with van der Waals surface area (Å²) in [5.74, 6) is 0. The molecule has 0 saturated heterocycles. The number of aromatic nitrogens is 3. The van der Waals surface area contributed by atoms with Crippen molar-refractivity contribution in [2.24, 2.45) is 0 Å². The number of para-hydroxylation sites is 1. The first-order valence-electron chi connectivity index (χ1n) is 9.46. The van der Waals surface area contributed by atoms with E-state index >= 15 is 0 Å². The number of nitrogens with zero attached hydrogens (tertiary/aromatic N) is 4. The molecule has 4 aromatic rings. The van der Waals surface area contributed by atoms with E-state index in [1.165, 1.54) is 29.9 Å². The van der Waals surface area contributed by atoms with E-state index in [0.717, 1.165) is 15.5 Å². The molecule has 0 fully saturated rings. The highest BCUT2D eigenvalue weighted by Crippen LogP contribution is 2.18. The normalized spacial score (nSPS) is 11.4. The second-order valence-corrected chi connectivity index (χ2v) is 6.91. The van der Waals surface area contributed by atoms with Gasteiger partial charge in [-0.15, -0.1) is 0 Å². The van der Waals surface area contributed by atoms with Crippen LogP contribution in [0.3, 0.4) is 0 Å². The second kappa shape index (κ2) is 7.96. The van der Waals surface area contributed by atoms with Gasteiger partial charge in [0.1, 0.15) is 0 Å². The van der Waals surface area contributed by atoms with Gasteiger partial charge in [0, 0.05) is 44.0 Å². The van der Waals surface area contributed by atoms with Gasteiger partial charge in [-0.1, -0.05) is 18.2 Å². The summed E-state index contributed by atoms with van der Waals surface area (Å²) in [6.45, 7) is 1.05. The molecule has 0 saturated carbocycles. The fourth-order valence-corrected chi connectivity index (χ4v) is 3.66. The van der Waals surface area contributed by atoms with Gasteiger partial charge in [0.2, 0.25) is 0 Å². The Morgan fingerprint density at radius 3 is 2.53 bits per heavy atom. The number of non-ortho nitro benzene ring substituents is 1. The molecule has 0 N–H and O–H groups in total.